The third-order valence-corrected chi connectivity index (χ3v) is 3.14. The van der Waals surface area contributed by atoms with Crippen LogP contribution in [0.5, 0.6) is 0 Å². The molecule has 1 N–H and O–H groups in total. The summed E-state index contributed by atoms with van der Waals surface area (Å²) in [6.07, 6.45) is 2.29. The van der Waals surface area contributed by atoms with Crippen molar-refractivity contribution in [3.8, 4) is 0 Å². The smallest absolute Gasteiger partial charge is 0.0849 e. The van der Waals surface area contributed by atoms with Gasteiger partial charge in [-0.2, -0.15) is 0 Å². The van der Waals surface area contributed by atoms with Gasteiger partial charge < -0.3 is 14.6 Å². The maximum Gasteiger partial charge on any atom is 0.0849 e. The minimum absolute atomic E-state index is 0.0788. The minimum Gasteiger partial charge on any atom is -0.392 e. The first-order valence-corrected chi connectivity index (χ1v) is 6.26. The Balaban J connectivity index is 2.05. The molecule has 1 aliphatic heterocycles. The molecule has 1 aliphatic rings. The molecule has 1 aromatic carbocycles. The number of benzene rings is 1. The summed E-state index contributed by atoms with van der Waals surface area (Å²) in [4.78, 5) is 0. The molecule has 2 rings (SSSR count). The number of hydrogen-bond acceptors (Lipinski definition) is 3. The number of aliphatic hydroxyl groups is 1. The number of aliphatic hydroxyl groups excluding tert-OH is 1. The normalized spacial score (nSPS) is 24.8. The summed E-state index contributed by atoms with van der Waals surface area (Å²) < 4.78 is 11.4. The van der Waals surface area contributed by atoms with Crippen molar-refractivity contribution in [2.45, 2.75) is 38.6 Å². The van der Waals surface area contributed by atoms with E-state index in [1.54, 1.807) is 0 Å². The molecule has 0 spiro atoms. The third kappa shape index (κ3) is 3.28. The highest BCUT2D eigenvalue weighted by molar-refractivity contribution is 5.25. The largest absolute Gasteiger partial charge is 0.392 e. The lowest BCUT2D eigenvalue weighted by molar-refractivity contribution is -0.0712. The van der Waals surface area contributed by atoms with Gasteiger partial charge in [0.25, 0.3) is 0 Å². The summed E-state index contributed by atoms with van der Waals surface area (Å²) in [7, 11) is 0. The van der Waals surface area contributed by atoms with Gasteiger partial charge in [-0.05, 0) is 24.5 Å². The number of ether oxygens (including phenoxy) is 2. The van der Waals surface area contributed by atoms with Crippen LogP contribution in [0.1, 0.15) is 37.0 Å². The molecule has 0 radical (unpaired) electrons. The Bertz CT molecular complexity index is 349. The summed E-state index contributed by atoms with van der Waals surface area (Å²) in [5.41, 5.74) is 2.07. The van der Waals surface area contributed by atoms with E-state index in [0.29, 0.717) is 6.10 Å². The molecule has 0 amide bonds. The van der Waals surface area contributed by atoms with Crippen LogP contribution in [0.15, 0.2) is 24.3 Å². The van der Waals surface area contributed by atoms with E-state index >= 15 is 0 Å². The van der Waals surface area contributed by atoms with Crippen LogP contribution in [-0.4, -0.2) is 24.4 Å². The van der Waals surface area contributed by atoms with Crippen LogP contribution in [-0.2, 0) is 16.1 Å². The van der Waals surface area contributed by atoms with Gasteiger partial charge in [0.15, 0.2) is 0 Å². The highest BCUT2D eigenvalue weighted by Gasteiger charge is 2.24. The summed E-state index contributed by atoms with van der Waals surface area (Å²) in [6.45, 7) is 3.61. The second kappa shape index (κ2) is 6.15. The van der Waals surface area contributed by atoms with Crippen LogP contribution in [0.2, 0.25) is 0 Å². The summed E-state index contributed by atoms with van der Waals surface area (Å²) >= 11 is 0. The van der Waals surface area contributed by atoms with Crippen molar-refractivity contribution in [1.82, 2.24) is 0 Å². The summed E-state index contributed by atoms with van der Waals surface area (Å²) in [5.74, 6) is 0. The van der Waals surface area contributed by atoms with Crippen molar-refractivity contribution >= 4 is 0 Å². The van der Waals surface area contributed by atoms with Gasteiger partial charge in [-0.15, -0.1) is 0 Å². The molecule has 0 aliphatic carbocycles. The zero-order valence-corrected chi connectivity index (χ0v) is 10.3. The predicted octanol–water partition coefficient (Wildman–Crippen LogP) is 2.44. The van der Waals surface area contributed by atoms with Crippen LogP contribution in [0.25, 0.3) is 0 Å². The second-order valence-electron chi connectivity index (χ2n) is 4.36. The van der Waals surface area contributed by atoms with Gasteiger partial charge in [-0.25, -0.2) is 0 Å². The topological polar surface area (TPSA) is 38.7 Å². The van der Waals surface area contributed by atoms with Crippen LogP contribution in [0.4, 0.5) is 0 Å². The predicted molar refractivity (Wildman–Crippen MR) is 65.7 cm³/mol. The van der Waals surface area contributed by atoms with E-state index in [4.69, 9.17) is 14.6 Å². The SMILES string of the molecule is CCOC1CCOC(c2cccc(CO)c2)C1. The lowest BCUT2D eigenvalue weighted by atomic mass is 9.98. The first-order chi connectivity index (χ1) is 8.33. The van der Waals surface area contributed by atoms with Gasteiger partial charge in [0.2, 0.25) is 0 Å². The van der Waals surface area contributed by atoms with Crippen LogP contribution in [0.3, 0.4) is 0 Å². The quantitative estimate of drug-likeness (QED) is 0.872. The molecule has 3 heteroatoms. The minimum atomic E-state index is 0.0788. The average Bonchev–Trinajstić information content (AvgIpc) is 2.40. The molecule has 1 fully saturated rings. The molecule has 17 heavy (non-hydrogen) atoms. The van der Waals surface area contributed by atoms with Gasteiger partial charge in [0.1, 0.15) is 0 Å². The van der Waals surface area contributed by atoms with Gasteiger partial charge in [0.05, 0.1) is 18.8 Å². The number of rotatable bonds is 4. The zero-order valence-electron chi connectivity index (χ0n) is 10.3. The number of hydrogen-bond donors (Lipinski definition) is 1. The maximum absolute atomic E-state index is 9.13. The fourth-order valence-electron chi connectivity index (χ4n) is 2.28. The summed E-state index contributed by atoms with van der Waals surface area (Å²) in [5, 5.41) is 9.13. The Labute approximate surface area is 102 Å². The standard InChI is InChI=1S/C14H20O3/c1-2-16-13-6-7-17-14(9-13)12-5-3-4-11(8-12)10-15/h3-5,8,13-15H,2,6-7,9-10H2,1H3. The van der Waals surface area contributed by atoms with Crippen LogP contribution in [0, 0.1) is 0 Å². The first kappa shape index (κ1) is 12.6. The lowest BCUT2D eigenvalue weighted by Crippen LogP contribution is -2.26. The fraction of sp³-hybridized carbons (Fsp3) is 0.571. The Morgan fingerprint density at radius 3 is 3.12 bits per heavy atom. The van der Waals surface area contributed by atoms with E-state index < -0.39 is 0 Å². The second-order valence-corrected chi connectivity index (χ2v) is 4.36. The molecular weight excluding hydrogens is 216 g/mol. The molecule has 0 aromatic heterocycles. The maximum atomic E-state index is 9.13. The first-order valence-electron chi connectivity index (χ1n) is 6.26. The van der Waals surface area contributed by atoms with E-state index in [1.807, 2.05) is 25.1 Å². The Kier molecular flexibility index (Phi) is 4.54. The van der Waals surface area contributed by atoms with Gasteiger partial charge >= 0.3 is 0 Å². The van der Waals surface area contributed by atoms with Crippen LogP contribution < -0.4 is 0 Å². The van der Waals surface area contributed by atoms with E-state index in [1.165, 1.54) is 0 Å². The summed E-state index contributed by atoms with van der Waals surface area (Å²) in [6, 6.07) is 7.96. The van der Waals surface area contributed by atoms with Crippen molar-refractivity contribution in [2.24, 2.45) is 0 Å². The molecule has 0 bridgehead atoms. The van der Waals surface area contributed by atoms with E-state index in [0.717, 1.165) is 37.2 Å². The lowest BCUT2D eigenvalue weighted by Gasteiger charge is -2.29. The van der Waals surface area contributed by atoms with Crippen LogP contribution >= 0.6 is 0 Å². The van der Waals surface area contributed by atoms with Crippen molar-refractivity contribution < 1.29 is 14.6 Å². The average molecular weight is 236 g/mol. The molecule has 2 atom stereocenters. The molecular formula is C14H20O3. The van der Waals surface area contributed by atoms with Gasteiger partial charge in [-0.3, -0.25) is 0 Å². The molecule has 1 aromatic rings. The zero-order chi connectivity index (χ0) is 12.1. The van der Waals surface area contributed by atoms with E-state index in [9.17, 15) is 0 Å². The molecule has 94 valence electrons. The molecule has 1 heterocycles. The molecule has 2 unspecified atom stereocenters. The van der Waals surface area contributed by atoms with Crippen molar-refractivity contribution in [1.29, 1.82) is 0 Å². The molecule has 3 nitrogen and oxygen atoms in total. The van der Waals surface area contributed by atoms with E-state index in [2.05, 4.69) is 6.07 Å². The van der Waals surface area contributed by atoms with Crippen molar-refractivity contribution in [3.05, 3.63) is 35.4 Å². The van der Waals surface area contributed by atoms with Crippen molar-refractivity contribution in [2.75, 3.05) is 13.2 Å². The van der Waals surface area contributed by atoms with Gasteiger partial charge in [0, 0.05) is 19.6 Å². The van der Waals surface area contributed by atoms with Gasteiger partial charge in [-0.1, -0.05) is 24.3 Å². The Morgan fingerprint density at radius 2 is 2.35 bits per heavy atom. The highest BCUT2D eigenvalue weighted by atomic mass is 16.5. The Morgan fingerprint density at radius 1 is 1.47 bits per heavy atom. The van der Waals surface area contributed by atoms with Crippen molar-refractivity contribution in [3.63, 3.8) is 0 Å². The Hall–Kier alpha value is -0.900. The highest BCUT2D eigenvalue weighted by Crippen LogP contribution is 2.29. The molecule has 0 saturated carbocycles. The monoisotopic (exact) mass is 236 g/mol. The third-order valence-electron chi connectivity index (χ3n) is 3.14. The molecule has 1 saturated heterocycles. The fourth-order valence-corrected chi connectivity index (χ4v) is 2.28. The van der Waals surface area contributed by atoms with E-state index in [-0.39, 0.29) is 12.7 Å².